The Morgan fingerprint density at radius 3 is 2.09 bits per heavy atom. The molecule has 5 fully saturated rings. The van der Waals surface area contributed by atoms with Gasteiger partial charge in [-0.05, 0) is 117 Å². The second-order valence-electron chi connectivity index (χ2n) is 18.2. The maximum Gasteiger partial charge on any atom is 0.310 e. The molecule has 0 aromatic rings. The average Bonchev–Trinajstić information content (AvgIpc) is 2.96. The summed E-state index contributed by atoms with van der Waals surface area (Å²) in [5.74, 6) is -2.91. The Morgan fingerprint density at radius 2 is 1.44 bits per heavy atom. The van der Waals surface area contributed by atoms with Crippen LogP contribution in [0.15, 0.2) is 11.6 Å². The standard InChI is InChI=1S/C38H56O7/c1-33(2)27-12-15-38(7)29(36(27,5)14-13-28(33)45-31(42)23-11-9-8-10-22(23)30(40)41)26(39)20-24-25-21-35(4,32(43)44)17-16-34(25,3)18-19-37(24,38)6/h20,22-23,25,27-29H,8-19,21H2,1-7H3,(H,40,41)(H,43,44)/t22-,23+,25+,27?,28-,29+,34+,35+,36-,37+,38+/m0/s1. The van der Waals surface area contributed by atoms with E-state index in [0.717, 1.165) is 51.4 Å². The Morgan fingerprint density at radius 1 is 0.800 bits per heavy atom. The molecule has 0 spiro atoms. The van der Waals surface area contributed by atoms with Crippen molar-refractivity contribution < 1.29 is 34.1 Å². The van der Waals surface area contributed by atoms with Crippen LogP contribution in [0.2, 0.25) is 0 Å². The van der Waals surface area contributed by atoms with Gasteiger partial charge < -0.3 is 14.9 Å². The van der Waals surface area contributed by atoms with Crippen molar-refractivity contribution in [2.24, 2.45) is 62.1 Å². The molecule has 11 atom stereocenters. The second kappa shape index (κ2) is 10.4. The van der Waals surface area contributed by atoms with E-state index in [1.54, 1.807) is 0 Å². The smallest absolute Gasteiger partial charge is 0.310 e. The van der Waals surface area contributed by atoms with Gasteiger partial charge in [-0.3, -0.25) is 19.2 Å². The molecule has 0 radical (unpaired) electrons. The van der Waals surface area contributed by atoms with Gasteiger partial charge in [0.15, 0.2) is 5.78 Å². The third kappa shape index (κ3) is 4.54. The third-order valence-electron chi connectivity index (χ3n) is 15.7. The molecule has 7 heteroatoms. The van der Waals surface area contributed by atoms with E-state index in [2.05, 4.69) is 41.5 Å². The summed E-state index contributed by atoms with van der Waals surface area (Å²) in [6, 6.07) is 0. The van der Waals surface area contributed by atoms with Crippen molar-refractivity contribution in [3.63, 3.8) is 0 Å². The van der Waals surface area contributed by atoms with Gasteiger partial charge in [-0.1, -0.05) is 60.0 Å². The molecule has 6 aliphatic rings. The predicted octanol–water partition coefficient (Wildman–Crippen LogP) is 7.85. The zero-order chi connectivity index (χ0) is 33.0. The zero-order valence-electron chi connectivity index (χ0n) is 28.7. The molecule has 250 valence electrons. The predicted molar refractivity (Wildman–Crippen MR) is 170 cm³/mol. The lowest BCUT2D eigenvalue weighted by atomic mass is 9.33. The van der Waals surface area contributed by atoms with Crippen molar-refractivity contribution in [3.05, 3.63) is 11.6 Å². The van der Waals surface area contributed by atoms with Crippen LogP contribution in [0.25, 0.3) is 0 Å². The topological polar surface area (TPSA) is 118 Å². The van der Waals surface area contributed by atoms with Gasteiger partial charge in [-0.2, -0.15) is 0 Å². The van der Waals surface area contributed by atoms with Gasteiger partial charge in [0.2, 0.25) is 0 Å². The van der Waals surface area contributed by atoms with Crippen molar-refractivity contribution in [2.45, 2.75) is 138 Å². The summed E-state index contributed by atoms with van der Waals surface area (Å²) in [6.45, 7) is 15.7. The highest BCUT2D eigenvalue weighted by Gasteiger charge is 2.70. The number of ketones is 1. The van der Waals surface area contributed by atoms with E-state index in [1.165, 1.54) is 5.57 Å². The third-order valence-corrected chi connectivity index (χ3v) is 15.7. The minimum Gasteiger partial charge on any atom is -0.481 e. The summed E-state index contributed by atoms with van der Waals surface area (Å²) in [4.78, 5) is 52.4. The van der Waals surface area contributed by atoms with Crippen LogP contribution in [0.1, 0.15) is 132 Å². The average molecular weight is 625 g/mol. The van der Waals surface area contributed by atoms with Crippen molar-refractivity contribution in [1.29, 1.82) is 0 Å². The molecule has 5 saturated carbocycles. The van der Waals surface area contributed by atoms with Gasteiger partial charge in [0.25, 0.3) is 0 Å². The minimum atomic E-state index is -0.903. The Labute approximate surface area is 269 Å². The van der Waals surface area contributed by atoms with Crippen molar-refractivity contribution in [1.82, 2.24) is 0 Å². The van der Waals surface area contributed by atoms with Crippen LogP contribution in [0.3, 0.4) is 0 Å². The van der Waals surface area contributed by atoms with Crippen LogP contribution in [0.4, 0.5) is 0 Å². The first-order valence-corrected chi connectivity index (χ1v) is 17.8. The molecule has 0 aliphatic heterocycles. The Bertz CT molecular complexity index is 1330. The normalized spacial score (nSPS) is 48.9. The number of rotatable bonds is 4. The molecule has 0 aromatic heterocycles. The Kier molecular flexibility index (Phi) is 7.58. The lowest BCUT2D eigenvalue weighted by Gasteiger charge is -2.70. The van der Waals surface area contributed by atoms with E-state index in [0.29, 0.717) is 32.1 Å². The summed E-state index contributed by atoms with van der Waals surface area (Å²) in [7, 11) is 0. The van der Waals surface area contributed by atoms with E-state index in [1.807, 2.05) is 13.0 Å². The molecule has 1 unspecified atom stereocenters. The van der Waals surface area contributed by atoms with Crippen LogP contribution in [-0.2, 0) is 23.9 Å². The molecule has 6 aliphatic carbocycles. The van der Waals surface area contributed by atoms with Crippen molar-refractivity contribution >= 4 is 23.7 Å². The number of carbonyl (C=O) groups excluding carboxylic acids is 2. The first-order chi connectivity index (χ1) is 20.8. The van der Waals surface area contributed by atoms with Gasteiger partial charge in [-0.15, -0.1) is 0 Å². The first kappa shape index (κ1) is 32.7. The van der Waals surface area contributed by atoms with E-state index in [9.17, 15) is 29.4 Å². The van der Waals surface area contributed by atoms with Crippen LogP contribution >= 0.6 is 0 Å². The van der Waals surface area contributed by atoms with Gasteiger partial charge in [0.05, 0.1) is 17.3 Å². The fourth-order valence-electron chi connectivity index (χ4n) is 12.5. The van der Waals surface area contributed by atoms with E-state index in [-0.39, 0.29) is 62.7 Å². The quantitative estimate of drug-likeness (QED) is 0.306. The Balaban J connectivity index is 1.30. The number of hydrogen-bond donors (Lipinski definition) is 2. The Hall–Kier alpha value is -2.18. The first-order valence-electron chi connectivity index (χ1n) is 17.8. The molecule has 0 saturated heterocycles. The highest BCUT2D eigenvalue weighted by Crippen LogP contribution is 2.75. The number of allylic oxidation sites excluding steroid dienone is 2. The van der Waals surface area contributed by atoms with Gasteiger partial charge in [-0.25, -0.2) is 0 Å². The van der Waals surface area contributed by atoms with Crippen LogP contribution in [0, 0.1) is 62.1 Å². The van der Waals surface area contributed by atoms with E-state index < -0.39 is 29.2 Å². The molecule has 45 heavy (non-hydrogen) atoms. The number of hydrogen-bond acceptors (Lipinski definition) is 5. The van der Waals surface area contributed by atoms with Crippen molar-refractivity contribution in [2.75, 3.05) is 0 Å². The maximum absolute atomic E-state index is 14.6. The number of esters is 1. The molecule has 0 bridgehead atoms. The fraction of sp³-hybridized carbons (Fsp3) is 0.842. The lowest BCUT2D eigenvalue weighted by Crippen LogP contribution is -2.66. The number of fused-ring (bicyclic) bond motifs is 7. The largest absolute Gasteiger partial charge is 0.481 e. The summed E-state index contributed by atoms with van der Waals surface area (Å²) < 4.78 is 6.28. The molecule has 0 amide bonds. The summed E-state index contributed by atoms with van der Waals surface area (Å²) in [5, 5.41) is 20.0. The molecule has 7 nitrogen and oxygen atoms in total. The number of carboxylic acid groups (broad SMARTS) is 2. The van der Waals surface area contributed by atoms with E-state index >= 15 is 0 Å². The number of carbonyl (C=O) groups is 4. The second-order valence-corrected chi connectivity index (χ2v) is 18.2. The molecule has 2 N–H and O–H groups in total. The highest BCUT2D eigenvalue weighted by atomic mass is 16.5. The zero-order valence-corrected chi connectivity index (χ0v) is 28.7. The SMILES string of the molecule is CC1(C)C2CC[C@]3(C)[C@H](C(=O)C=C4[C@H]5C[C@](C)(C(=O)O)CC[C@]5(C)CC[C@]43C)[C@@]2(C)CC[C@@H]1OC(=O)[C@@H]1CCCC[C@@H]1C(=O)O. The summed E-state index contributed by atoms with van der Waals surface area (Å²) in [5.41, 5.74) is -0.576. The molecular formula is C38H56O7. The lowest BCUT2D eigenvalue weighted by molar-refractivity contribution is -0.213. The van der Waals surface area contributed by atoms with Crippen LogP contribution in [-0.4, -0.2) is 40.0 Å². The summed E-state index contributed by atoms with van der Waals surface area (Å²) in [6.07, 6.45) is 12.0. The van der Waals surface area contributed by atoms with Gasteiger partial charge in [0.1, 0.15) is 6.10 Å². The molecule has 0 heterocycles. The van der Waals surface area contributed by atoms with E-state index in [4.69, 9.17) is 4.74 Å². The molecule has 6 rings (SSSR count). The molecule has 0 aromatic carbocycles. The molecular weight excluding hydrogens is 568 g/mol. The van der Waals surface area contributed by atoms with Gasteiger partial charge >= 0.3 is 17.9 Å². The fourth-order valence-corrected chi connectivity index (χ4v) is 12.5. The summed E-state index contributed by atoms with van der Waals surface area (Å²) >= 11 is 0. The van der Waals surface area contributed by atoms with Crippen LogP contribution in [0.5, 0.6) is 0 Å². The minimum absolute atomic E-state index is 0.0206. The number of ether oxygens (including phenoxy) is 1. The number of aliphatic carboxylic acids is 2. The van der Waals surface area contributed by atoms with Crippen molar-refractivity contribution in [3.8, 4) is 0 Å². The van der Waals surface area contributed by atoms with Crippen LogP contribution < -0.4 is 0 Å². The maximum atomic E-state index is 14.6. The van der Waals surface area contributed by atoms with Gasteiger partial charge in [0, 0.05) is 11.3 Å². The highest BCUT2D eigenvalue weighted by molar-refractivity contribution is 5.95. The number of carboxylic acids is 2. The monoisotopic (exact) mass is 624 g/mol.